The maximum atomic E-state index is 6.42. The maximum absolute atomic E-state index is 6.42. The van der Waals surface area contributed by atoms with E-state index in [0.29, 0.717) is 17.8 Å². The van der Waals surface area contributed by atoms with E-state index in [9.17, 15) is 0 Å². The number of nitrogens with two attached hydrogens (primary N) is 1. The van der Waals surface area contributed by atoms with Crippen molar-refractivity contribution in [1.82, 2.24) is 5.06 Å². The second-order valence-corrected chi connectivity index (χ2v) is 7.99. The Hall–Kier alpha value is -2.07. The lowest BCUT2D eigenvalue weighted by Crippen LogP contribution is -2.43. The highest BCUT2D eigenvalue weighted by Crippen LogP contribution is 2.62. The molecule has 0 bridgehead atoms. The zero-order valence-corrected chi connectivity index (χ0v) is 14.7. The summed E-state index contributed by atoms with van der Waals surface area (Å²) < 4.78 is 0. The van der Waals surface area contributed by atoms with E-state index in [-0.39, 0.29) is 5.41 Å². The van der Waals surface area contributed by atoms with Gasteiger partial charge < -0.3 is 5.73 Å². The number of allylic oxidation sites excluding steroid dienone is 4. The molecule has 2 spiro atoms. The van der Waals surface area contributed by atoms with Gasteiger partial charge in [-0.3, -0.25) is 0 Å². The first-order chi connectivity index (χ1) is 12.1. The second-order valence-electron chi connectivity index (χ2n) is 7.99. The first-order valence-electron chi connectivity index (χ1n) is 9.35. The minimum Gasteiger partial charge on any atom is -0.368 e. The Morgan fingerprint density at radius 3 is 2.44 bits per heavy atom. The molecule has 130 valence electrons. The van der Waals surface area contributed by atoms with E-state index in [1.165, 1.54) is 24.0 Å². The Bertz CT molecular complexity index is 774. The lowest BCUT2D eigenvalue weighted by Gasteiger charge is -2.40. The highest BCUT2D eigenvalue weighted by Gasteiger charge is 2.62. The number of hydroxylamine groups is 2. The van der Waals surface area contributed by atoms with Gasteiger partial charge in [0.1, 0.15) is 0 Å². The first-order valence-corrected chi connectivity index (χ1v) is 9.35. The summed E-state index contributed by atoms with van der Waals surface area (Å²) in [5.41, 5.74) is 8.08. The Labute approximate surface area is 149 Å². The fourth-order valence-corrected chi connectivity index (χ4v) is 5.44. The molecule has 0 aromatic heterocycles. The van der Waals surface area contributed by atoms with Crippen LogP contribution in [0.2, 0.25) is 0 Å². The number of aliphatic imine (C=N–C) groups is 1. The van der Waals surface area contributed by atoms with Gasteiger partial charge in [-0.15, -0.1) is 0 Å². The number of rotatable bonds is 0. The zero-order valence-electron chi connectivity index (χ0n) is 14.7. The summed E-state index contributed by atoms with van der Waals surface area (Å²) in [5.74, 6) is 1.77. The minimum absolute atomic E-state index is 0.00884. The smallest absolute Gasteiger partial charge is 0.220 e. The number of benzene rings is 1. The summed E-state index contributed by atoms with van der Waals surface area (Å²) in [6.07, 6.45) is 14.8. The van der Waals surface area contributed by atoms with Gasteiger partial charge in [0.15, 0.2) is 0 Å². The number of nitrogens with zero attached hydrogens (tertiary/aromatic N) is 2. The molecule has 2 N–H and O–H groups in total. The average Bonchev–Trinajstić information content (AvgIpc) is 2.98. The van der Waals surface area contributed by atoms with Crippen LogP contribution < -0.4 is 5.73 Å². The SMILES string of the molecule is CN1OC2(N=C1N)c1ccccc1CC21CCC2C=CC=CC2CC1. The molecule has 1 aliphatic heterocycles. The summed E-state index contributed by atoms with van der Waals surface area (Å²) in [5, 5.41) is 1.65. The van der Waals surface area contributed by atoms with Crippen LogP contribution in [-0.2, 0) is 17.0 Å². The van der Waals surface area contributed by atoms with Gasteiger partial charge in [0.25, 0.3) is 0 Å². The summed E-state index contributed by atoms with van der Waals surface area (Å²) in [4.78, 5) is 11.4. The van der Waals surface area contributed by atoms with Crippen LogP contribution in [0.3, 0.4) is 0 Å². The number of guanidine groups is 1. The van der Waals surface area contributed by atoms with Crippen molar-refractivity contribution in [1.29, 1.82) is 0 Å². The van der Waals surface area contributed by atoms with Crippen molar-refractivity contribution >= 4 is 5.96 Å². The maximum Gasteiger partial charge on any atom is 0.220 e. The third-order valence-electron chi connectivity index (χ3n) is 6.78. The summed E-state index contributed by atoms with van der Waals surface area (Å²) in [6, 6.07) is 8.63. The standard InChI is InChI=1S/C21H25N3O/c1-24-19(22)23-21(25-24)18-9-5-4-8-17(18)14-20(21)12-10-15-6-2-3-7-16(15)11-13-20/h2-9,15-16H,10-14H2,1H3,(H2,22,23). The highest BCUT2D eigenvalue weighted by atomic mass is 16.7. The average molecular weight is 335 g/mol. The van der Waals surface area contributed by atoms with Gasteiger partial charge in [0.2, 0.25) is 11.7 Å². The van der Waals surface area contributed by atoms with Crippen LogP contribution >= 0.6 is 0 Å². The summed E-state index contributed by atoms with van der Waals surface area (Å²) >= 11 is 0. The lowest BCUT2D eigenvalue weighted by atomic mass is 9.71. The molecule has 1 aromatic rings. The van der Waals surface area contributed by atoms with Gasteiger partial charge in [0.05, 0.1) is 0 Å². The quantitative estimate of drug-likeness (QED) is 0.789. The third kappa shape index (κ3) is 2.00. The van der Waals surface area contributed by atoms with Crippen molar-refractivity contribution in [3.63, 3.8) is 0 Å². The first kappa shape index (κ1) is 15.2. The number of fused-ring (bicyclic) bond motifs is 4. The predicted octanol–water partition coefficient (Wildman–Crippen LogP) is 3.51. The summed E-state index contributed by atoms with van der Waals surface area (Å²) in [7, 11) is 1.87. The van der Waals surface area contributed by atoms with E-state index in [4.69, 9.17) is 15.6 Å². The van der Waals surface area contributed by atoms with E-state index in [1.807, 2.05) is 7.05 Å². The van der Waals surface area contributed by atoms with Crippen molar-refractivity contribution in [3.8, 4) is 0 Å². The largest absolute Gasteiger partial charge is 0.368 e. The molecule has 1 saturated carbocycles. The molecule has 3 unspecified atom stereocenters. The van der Waals surface area contributed by atoms with E-state index >= 15 is 0 Å². The van der Waals surface area contributed by atoms with Crippen molar-refractivity contribution in [2.45, 2.75) is 37.8 Å². The van der Waals surface area contributed by atoms with E-state index in [0.717, 1.165) is 19.3 Å². The molecule has 0 saturated heterocycles. The molecular weight excluding hydrogens is 310 g/mol. The third-order valence-corrected chi connectivity index (χ3v) is 6.78. The molecule has 1 aromatic carbocycles. The topological polar surface area (TPSA) is 50.8 Å². The van der Waals surface area contributed by atoms with Gasteiger partial charge >= 0.3 is 0 Å². The van der Waals surface area contributed by atoms with E-state index in [1.54, 1.807) is 5.06 Å². The van der Waals surface area contributed by atoms with Crippen LogP contribution in [-0.4, -0.2) is 18.1 Å². The van der Waals surface area contributed by atoms with Gasteiger partial charge in [-0.1, -0.05) is 48.6 Å². The van der Waals surface area contributed by atoms with Crippen molar-refractivity contribution < 1.29 is 4.84 Å². The monoisotopic (exact) mass is 335 g/mol. The second kappa shape index (κ2) is 5.21. The Kier molecular flexibility index (Phi) is 3.17. The molecule has 1 heterocycles. The van der Waals surface area contributed by atoms with Crippen LogP contribution in [0.25, 0.3) is 0 Å². The normalized spacial score (nSPS) is 38.8. The molecule has 3 atom stereocenters. The minimum atomic E-state index is -0.649. The number of hydrogen-bond acceptors (Lipinski definition) is 4. The van der Waals surface area contributed by atoms with Crippen LogP contribution in [0.1, 0.15) is 36.8 Å². The van der Waals surface area contributed by atoms with Crippen molar-refractivity contribution in [2.24, 2.45) is 28.0 Å². The van der Waals surface area contributed by atoms with Gasteiger partial charge in [-0.05, 0) is 49.5 Å². The fourth-order valence-electron chi connectivity index (χ4n) is 5.44. The van der Waals surface area contributed by atoms with Crippen molar-refractivity contribution in [3.05, 3.63) is 59.7 Å². The van der Waals surface area contributed by atoms with E-state index in [2.05, 4.69) is 48.6 Å². The molecule has 3 aliphatic carbocycles. The Balaban J connectivity index is 1.61. The van der Waals surface area contributed by atoms with Crippen LogP contribution in [0.4, 0.5) is 0 Å². The fraction of sp³-hybridized carbons (Fsp3) is 0.476. The van der Waals surface area contributed by atoms with Crippen LogP contribution in [0, 0.1) is 17.3 Å². The lowest BCUT2D eigenvalue weighted by molar-refractivity contribution is -0.225. The van der Waals surface area contributed by atoms with Crippen LogP contribution in [0.15, 0.2) is 53.6 Å². The molecule has 4 aliphatic rings. The Morgan fingerprint density at radius 1 is 1.12 bits per heavy atom. The molecule has 5 rings (SSSR count). The molecule has 4 nitrogen and oxygen atoms in total. The van der Waals surface area contributed by atoms with Gasteiger partial charge in [-0.2, -0.15) is 0 Å². The van der Waals surface area contributed by atoms with Crippen LogP contribution in [0.5, 0.6) is 0 Å². The molecule has 25 heavy (non-hydrogen) atoms. The molecule has 1 fully saturated rings. The van der Waals surface area contributed by atoms with Crippen molar-refractivity contribution in [2.75, 3.05) is 7.05 Å². The van der Waals surface area contributed by atoms with Gasteiger partial charge in [-0.25, -0.2) is 14.9 Å². The van der Waals surface area contributed by atoms with E-state index < -0.39 is 5.72 Å². The molecule has 0 amide bonds. The Morgan fingerprint density at radius 2 is 1.80 bits per heavy atom. The summed E-state index contributed by atoms with van der Waals surface area (Å²) in [6.45, 7) is 0. The molecule has 0 radical (unpaired) electrons. The van der Waals surface area contributed by atoms with Gasteiger partial charge in [0, 0.05) is 18.0 Å². The number of hydrogen-bond donors (Lipinski definition) is 1. The highest BCUT2D eigenvalue weighted by molar-refractivity contribution is 5.79. The molecular formula is C21H25N3O. The predicted molar refractivity (Wildman–Crippen MR) is 98.5 cm³/mol. The zero-order chi connectivity index (χ0) is 17.1. The molecule has 4 heteroatoms.